The number of ether oxygens (including phenoxy) is 2. The molecule has 0 spiro atoms. The van der Waals surface area contributed by atoms with Crippen molar-refractivity contribution >= 4 is 28.5 Å². The predicted molar refractivity (Wildman–Crippen MR) is 81.9 cm³/mol. The summed E-state index contributed by atoms with van der Waals surface area (Å²) in [5, 5.41) is 6.50. The summed E-state index contributed by atoms with van der Waals surface area (Å²) in [7, 11) is 1.61. The van der Waals surface area contributed by atoms with Gasteiger partial charge in [0.15, 0.2) is 11.5 Å². The highest BCUT2D eigenvalue weighted by molar-refractivity contribution is 7.14. The van der Waals surface area contributed by atoms with Crippen LogP contribution in [0.5, 0.6) is 11.5 Å². The quantitative estimate of drug-likeness (QED) is 0.631. The predicted octanol–water partition coefficient (Wildman–Crippen LogP) is 2.58. The minimum atomic E-state index is 0.482. The largest absolute Gasteiger partial charge is 0.493 e. The van der Waals surface area contributed by atoms with Gasteiger partial charge in [-0.2, -0.15) is 5.10 Å². The van der Waals surface area contributed by atoms with Crippen molar-refractivity contribution in [1.29, 1.82) is 0 Å². The molecule has 0 aliphatic carbocycles. The molecule has 6 nitrogen and oxygen atoms in total. The Hall–Kier alpha value is -2.28. The fourth-order valence-electron chi connectivity index (χ4n) is 1.54. The zero-order valence-electron chi connectivity index (χ0n) is 11.3. The zero-order valence-corrected chi connectivity index (χ0v) is 12.1. The Balaban J connectivity index is 2.06. The third-order valence-corrected chi connectivity index (χ3v) is 3.15. The van der Waals surface area contributed by atoms with Crippen molar-refractivity contribution in [2.75, 3.05) is 24.9 Å². The van der Waals surface area contributed by atoms with Crippen molar-refractivity contribution in [2.45, 2.75) is 6.92 Å². The molecule has 7 heteroatoms. The van der Waals surface area contributed by atoms with Crippen LogP contribution in [0.2, 0.25) is 0 Å². The molecule has 0 unspecified atom stereocenters. The molecule has 2 rings (SSSR count). The fourth-order valence-corrected chi connectivity index (χ4v) is 2.09. The number of anilines is 2. The van der Waals surface area contributed by atoms with Crippen LogP contribution < -0.4 is 20.6 Å². The number of methoxy groups -OCH3 is 1. The smallest absolute Gasteiger partial charge is 0.205 e. The Morgan fingerprint density at radius 1 is 1.45 bits per heavy atom. The van der Waals surface area contributed by atoms with Crippen LogP contribution in [0.15, 0.2) is 28.7 Å². The van der Waals surface area contributed by atoms with E-state index in [-0.39, 0.29) is 0 Å². The van der Waals surface area contributed by atoms with Gasteiger partial charge in [-0.15, -0.1) is 11.3 Å². The second-order valence-corrected chi connectivity index (χ2v) is 4.65. The van der Waals surface area contributed by atoms with Gasteiger partial charge in [0, 0.05) is 5.38 Å². The summed E-state index contributed by atoms with van der Waals surface area (Å²) in [4.78, 5) is 4.04. The van der Waals surface area contributed by atoms with Crippen LogP contribution in [-0.4, -0.2) is 24.9 Å². The highest BCUT2D eigenvalue weighted by Gasteiger charge is 2.04. The highest BCUT2D eigenvalue weighted by atomic mass is 32.1. The molecule has 0 aliphatic rings. The topological polar surface area (TPSA) is 81.8 Å². The lowest BCUT2D eigenvalue weighted by atomic mass is 10.2. The van der Waals surface area contributed by atoms with Crippen LogP contribution in [0.1, 0.15) is 12.5 Å². The summed E-state index contributed by atoms with van der Waals surface area (Å²) in [5.74, 6) is 1.87. The van der Waals surface area contributed by atoms with E-state index in [2.05, 4.69) is 15.5 Å². The second-order valence-electron chi connectivity index (χ2n) is 3.79. The molecule has 0 bridgehead atoms. The molecule has 1 heterocycles. The minimum Gasteiger partial charge on any atom is -0.493 e. The van der Waals surface area contributed by atoms with E-state index in [0.29, 0.717) is 29.1 Å². The van der Waals surface area contributed by atoms with Crippen LogP contribution in [-0.2, 0) is 0 Å². The number of nitrogens with one attached hydrogen (secondary N) is 1. The third-order valence-electron chi connectivity index (χ3n) is 2.38. The average Bonchev–Trinajstić information content (AvgIpc) is 2.85. The molecule has 20 heavy (non-hydrogen) atoms. The lowest BCUT2D eigenvalue weighted by Gasteiger charge is -2.09. The molecule has 3 N–H and O–H groups in total. The van der Waals surface area contributed by atoms with Crippen molar-refractivity contribution in [3.8, 4) is 11.5 Å². The normalized spacial score (nSPS) is 10.7. The number of thiazole rings is 1. The SMILES string of the molecule is CCOc1cc(C=NNc2nc(N)cs2)ccc1OC. The van der Waals surface area contributed by atoms with Crippen molar-refractivity contribution < 1.29 is 9.47 Å². The summed E-state index contributed by atoms with van der Waals surface area (Å²) >= 11 is 1.40. The van der Waals surface area contributed by atoms with Gasteiger partial charge in [-0.3, -0.25) is 5.43 Å². The average molecular weight is 292 g/mol. The van der Waals surface area contributed by atoms with E-state index in [1.807, 2.05) is 25.1 Å². The van der Waals surface area contributed by atoms with E-state index in [1.165, 1.54) is 11.3 Å². The number of hydrogen-bond acceptors (Lipinski definition) is 7. The minimum absolute atomic E-state index is 0.482. The number of benzene rings is 1. The first kappa shape index (κ1) is 14.1. The van der Waals surface area contributed by atoms with E-state index in [0.717, 1.165) is 5.56 Å². The number of hydrogen-bond donors (Lipinski definition) is 2. The molecule has 0 radical (unpaired) electrons. The molecule has 106 valence electrons. The molecule has 0 amide bonds. The van der Waals surface area contributed by atoms with Gasteiger partial charge < -0.3 is 15.2 Å². The molecule has 1 aromatic carbocycles. The summed E-state index contributed by atoms with van der Waals surface area (Å²) in [6, 6.07) is 5.60. The van der Waals surface area contributed by atoms with Gasteiger partial charge in [0.1, 0.15) is 5.82 Å². The van der Waals surface area contributed by atoms with Gasteiger partial charge in [-0.25, -0.2) is 4.98 Å². The number of hydrazone groups is 1. The summed E-state index contributed by atoms with van der Waals surface area (Å²) < 4.78 is 10.7. The number of aromatic nitrogens is 1. The van der Waals surface area contributed by atoms with Crippen LogP contribution in [0.3, 0.4) is 0 Å². The van der Waals surface area contributed by atoms with Gasteiger partial charge in [-0.05, 0) is 30.7 Å². The van der Waals surface area contributed by atoms with Gasteiger partial charge in [0.2, 0.25) is 5.13 Å². The summed E-state index contributed by atoms with van der Waals surface area (Å²) in [6.45, 7) is 2.50. The summed E-state index contributed by atoms with van der Waals surface area (Å²) in [6.07, 6.45) is 1.68. The van der Waals surface area contributed by atoms with Crippen LogP contribution in [0, 0.1) is 0 Å². The van der Waals surface area contributed by atoms with Gasteiger partial charge in [-0.1, -0.05) is 0 Å². The van der Waals surface area contributed by atoms with Crippen molar-refractivity contribution in [3.05, 3.63) is 29.1 Å². The second kappa shape index (κ2) is 6.76. The maximum atomic E-state index is 5.52. The van der Waals surface area contributed by atoms with E-state index < -0.39 is 0 Å². The fraction of sp³-hybridized carbons (Fsp3) is 0.231. The summed E-state index contributed by atoms with van der Waals surface area (Å²) in [5.41, 5.74) is 9.24. The first-order chi connectivity index (χ1) is 9.72. The molecular formula is C13H16N4O2S. The van der Waals surface area contributed by atoms with Crippen molar-refractivity contribution in [3.63, 3.8) is 0 Å². The maximum Gasteiger partial charge on any atom is 0.205 e. The number of nitrogens with zero attached hydrogens (tertiary/aromatic N) is 2. The molecule has 1 aromatic heterocycles. The number of rotatable bonds is 6. The number of nitrogens with two attached hydrogens (primary N) is 1. The van der Waals surface area contributed by atoms with E-state index in [9.17, 15) is 0 Å². The van der Waals surface area contributed by atoms with Crippen molar-refractivity contribution in [1.82, 2.24) is 4.98 Å². The van der Waals surface area contributed by atoms with Gasteiger partial charge in [0.25, 0.3) is 0 Å². The first-order valence-corrected chi connectivity index (χ1v) is 6.91. The number of nitrogen functional groups attached to an aromatic ring is 1. The molecule has 0 fully saturated rings. The Morgan fingerprint density at radius 3 is 2.95 bits per heavy atom. The van der Waals surface area contributed by atoms with Crippen LogP contribution >= 0.6 is 11.3 Å². The van der Waals surface area contributed by atoms with Gasteiger partial charge >= 0.3 is 0 Å². The molecule has 2 aromatic rings. The lowest BCUT2D eigenvalue weighted by Crippen LogP contribution is -1.97. The first-order valence-electron chi connectivity index (χ1n) is 6.04. The molecular weight excluding hydrogens is 276 g/mol. The standard InChI is InChI=1S/C13H16N4O2S/c1-3-19-11-6-9(4-5-10(11)18-2)7-15-17-13-16-12(14)8-20-13/h4-8H,3,14H2,1-2H3,(H,16,17). The highest BCUT2D eigenvalue weighted by Crippen LogP contribution is 2.27. The molecule has 0 saturated carbocycles. The zero-order chi connectivity index (χ0) is 14.4. The Labute approximate surface area is 121 Å². The molecule has 0 saturated heterocycles. The van der Waals surface area contributed by atoms with Crippen molar-refractivity contribution in [2.24, 2.45) is 5.10 Å². The Morgan fingerprint density at radius 2 is 2.30 bits per heavy atom. The van der Waals surface area contributed by atoms with E-state index in [1.54, 1.807) is 18.7 Å². The third kappa shape index (κ3) is 3.61. The van der Waals surface area contributed by atoms with E-state index >= 15 is 0 Å². The molecule has 0 aliphatic heterocycles. The van der Waals surface area contributed by atoms with E-state index in [4.69, 9.17) is 15.2 Å². The van der Waals surface area contributed by atoms with Crippen LogP contribution in [0.4, 0.5) is 10.9 Å². The molecule has 0 atom stereocenters. The monoisotopic (exact) mass is 292 g/mol. The Kier molecular flexibility index (Phi) is 4.78. The maximum absolute atomic E-state index is 5.52. The van der Waals surface area contributed by atoms with Gasteiger partial charge in [0.05, 0.1) is 19.9 Å². The van der Waals surface area contributed by atoms with Crippen LogP contribution in [0.25, 0.3) is 0 Å². The lowest BCUT2D eigenvalue weighted by molar-refractivity contribution is 0.311. The Bertz CT molecular complexity index is 598.